The summed E-state index contributed by atoms with van der Waals surface area (Å²) in [6.07, 6.45) is 0. The molecular formula is C46H28N4O. The van der Waals surface area contributed by atoms with Crippen LogP contribution in [0.25, 0.3) is 89.5 Å². The second kappa shape index (κ2) is 12.7. The Bertz CT molecular complexity index is 2730. The predicted octanol–water partition coefficient (Wildman–Crippen LogP) is 11.6. The lowest BCUT2D eigenvalue weighted by Crippen LogP contribution is -2.00. The third kappa shape index (κ3) is 5.71. The van der Waals surface area contributed by atoms with E-state index in [-0.39, 0.29) is 0 Å². The number of nitrogens with zero attached hydrogens (tertiary/aromatic N) is 4. The summed E-state index contributed by atoms with van der Waals surface area (Å²) in [5.74, 6) is 1.71. The lowest BCUT2D eigenvalue weighted by Gasteiger charge is -2.09. The minimum Gasteiger partial charge on any atom is -0.456 e. The number of fused-ring (bicyclic) bond motifs is 3. The molecule has 0 bridgehead atoms. The highest BCUT2D eigenvalue weighted by molar-refractivity contribution is 6.14. The van der Waals surface area contributed by atoms with Gasteiger partial charge >= 0.3 is 0 Å². The molecule has 5 heteroatoms. The van der Waals surface area contributed by atoms with E-state index in [2.05, 4.69) is 78.9 Å². The highest BCUT2D eigenvalue weighted by Crippen LogP contribution is 2.41. The molecule has 2 aromatic heterocycles. The van der Waals surface area contributed by atoms with Crippen molar-refractivity contribution < 1.29 is 4.42 Å². The first-order valence-electron chi connectivity index (χ1n) is 16.7. The van der Waals surface area contributed by atoms with Gasteiger partial charge in [-0.25, -0.2) is 15.0 Å². The van der Waals surface area contributed by atoms with Crippen molar-refractivity contribution in [3.8, 4) is 73.6 Å². The van der Waals surface area contributed by atoms with Crippen LogP contribution in [0.1, 0.15) is 5.56 Å². The maximum Gasteiger partial charge on any atom is 0.164 e. The molecule has 0 saturated carbocycles. The third-order valence-electron chi connectivity index (χ3n) is 9.16. The molecule has 0 aliphatic carbocycles. The molecule has 0 fully saturated rings. The van der Waals surface area contributed by atoms with Gasteiger partial charge in [-0.05, 0) is 69.8 Å². The molecule has 9 rings (SSSR count). The van der Waals surface area contributed by atoms with E-state index in [0.29, 0.717) is 23.0 Å². The van der Waals surface area contributed by atoms with Gasteiger partial charge in [0.15, 0.2) is 17.5 Å². The molecule has 238 valence electrons. The van der Waals surface area contributed by atoms with Gasteiger partial charge in [-0.3, -0.25) is 0 Å². The number of aromatic nitrogens is 3. The van der Waals surface area contributed by atoms with Gasteiger partial charge in [-0.15, -0.1) is 0 Å². The van der Waals surface area contributed by atoms with E-state index >= 15 is 0 Å². The number of benzene rings is 7. The zero-order chi connectivity index (χ0) is 34.1. The molecule has 0 radical (unpaired) electrons. The van der Waals surface area contributed by atoms with E-state index in [9.17, 15) is 5.26 Å². The molecule has 0 saturated heterocycles. The Morgan fingerprint density at radius 1 is 0.392 bits per heavy atom. The van der Waals surface area contributed by atoms with E-state index in [0.717, 1.165) is 72.0 Å². The Morgan fingerprint density at radius 2 is 0.902 bits per heavy atom. The zero-order valence-corrected chi connectivity index (χ0v) is 27.4. The van der Waals surface area contributed by atoms with Crippen molar-refractivity contribution in [2.75, 3.05) is 0 Å². The molecule has 0 spiro atoms. The average Bonchev–Trinajstić information content (AvgIpc) is 3.59. The topological polar surface area (TPSA) is 75.6 Å². The van der Waals surface area contributed by atoms with Crippen LogP contribution in [0.4, 0.5) is 0 Å². The first-order chi connectivity index (χ1) is 25.2. The van der Waals surface area contributed by atoms with Gasteiger partial charge in [0.05, 0.1) is 11.6 Å². The quantitative estimate of drug-likeness (QED) is 0.179. The molecule has 7 aromatic carbocycles. The zero-order valence-electron chi connectivity index (χ0n) is 27.4. The van der Waals surface area contributed by atoms with Crippen LogP contribution in [-0.2, 0) is 0 Å². The summed E-state index contributed by atoms with van der Waals surface area (Å²) >= 11 is 0. The Kier molecular flexibility index (Phi) is 7.46. The van der Waals surface area contributed by atoms with Gasteiger partial charge in [0.25, 0.3) is 0 Å². The van der Waals surface area contributed by atoms with Crippen molar-refractivity contribution in [3.63, 3.8) is 0 Å². The van der Waals surface area contributed by atoms with Gasteiger partial charge < -0.3 is 4.42 Å². The van der Waals surface area contributed by atoms with Crippen molar-refractivity contribution in [3.05, 3.63) is 175 Å². The van der Waals surface area contributed by atoms with Crippen molar-refractivity contribution in [2.24, 2.45) is 0 Å². The lowest BCUT2D eigenvalue weighted by atomic mass is 9.94. The van der Waals surface area contributed by atoms with E-state index in [1.165, 1.54) is 0 Å². The van der Waals surface area contributed by atoms with Crippen molar-refractivity contribution in [1.82, 2.24) is 15.0 Å². The molecule has 0 atom stereocenters. The summed E-state index contributed by atoms with van der Waals surface area (Å²) < 4.78 is 6.65. The average molecular weight is 653 g/mol. The fourth-order valence-electron chi connectivity index (χ4n) is 6.62. The van der Waals surface area contributed by atoms with Crippen LogP contribution < -0.4 is 0 Å². The highest BCUT2D eigenvalue weighted by atomic mass is 16.3. The van der Waals surface area contributed by atoms with Crippen molar-refractivity contribution in [2.45, 2.75) is 0 Å². The fraction of sp³-hybridized carbons (Fsp3) is 0. The minimum absolute atomic E-state index is 0.556. The molecule has 9 aromatic rings. The molecule has 2 heterocycles. The van der Waals surface area contributed by atoms with Crippen molar-refractivity contribution in [1.29, 1.82) is 5.26 Å². The van der Waals surface area contributed by atoms with E-state index in [1.54, 1.807) is 0 Å². The van der Waals surface area contributed by atoms with E-state index in [4.69, 9.17) is 19.4 Å². The Balaban J connectivity index is 1.18. The summed E-state index contributed by atoms with van der Waals surface area (Å²) in [6.45, 7) is 0. The van der Waals surface area contributed by atoms with Gasteiger partial charge in [-0.2, -0.15) is 5.26 Å². The van der Waals surface area contributed by atoms with Gasteiger partial charge in [0.1, 0.15) is 11.2 Å². The monoisotopic (exact) mass is 652 g/mol. The molecule has 0 aliphatic rings. The lowest BCUT2D eigenvalue weighted by molar-refractivity contribution is 0.669. The summed E-state index contributed by atoms with van der Waals surface area (Å²) in [5, 5.41) is 11.5. The van der Waals surface area contributed by atoms with E-state index in [1.807, 2.05) is 97.1 Å². The van der Waals surface area contributed by atoms with Crippen LogP contribution in [-0.4, -0.2) is 15.0 Å². The number of hydrogen-bond acceptors (Lipinski definition) is 5. The molecule has 0 amide bonds. The SMILES string of the molecule is N#Cc1cccc(-c2ccc(-c3nc(-c4ccccc4)nc(-c4ccc5c(c4)oc4cc(-c6ccccc6)cc(-c6ccccc6)c45)n3)cc2)c1. The molecule has 0 N–H and O–H groups in total. The number of furan rings is 1. The third-order valence-corrected chi connectivity index (χ3v) is 9.16. The molecule has 51 heavy (non-hydrogen) atoms. The normalized spacial score (nSPS) is 11.1. The minimum atomic E-state index is 0.556. The maximum atomic E-state index is 9.37. The Labute approximate surface area is 294 Å². The van der Waals surface area contributed by atoms with Crippen LogP contribution in [0.3, 0.4) is 0 Å². The van der Waals surface area contributed by atoms with Gasteiger partial charge in [0.2, 0.25) is 0 Å². The largest absolute Gasteiger partial charge is 0.456 e. The molecular weight excluding hydrogens is 625 g/mol. The molecule has 0 aliphatic heterocycles. The Hall–Kier alpha value is -7.16. The van der Waals surface area contributed by atoms with Gasteiger partial charge in [-0.1, -0.05) is 133 Å². The fourth-order valence-corrected chi connectivity index (χ4v) is 6.62. The van der Waals surface area contributed by atoms with Crippen LogP contribution in [0.5, 0.6) is 0 Å². The number of hydrogen-bond donors (Lipinski definition) is 0. The first-order valence-corrected chi connectivity index (χ1v) is 16.7. The predicted molar refractivity (Wildman–Crippen MR) is 204 cm³/mol. The van der Waals surface area contributed by atoms with Crippen LogP contribution in [0, 0.1) is 11.3 Å². The summed E-state index contributed by atoms with van der Waals surface area (Å²) in [4.78, 5) is 14.9. The first kappa shape index (κ1) is 29.9. The smallest absolute Gasteiger partial charge is 0.164 e. The second-order valence-corrected chi connectivity index (χ2v) is 12.4. The van der Waals surface area contributed by atoms with Crippen molar-refractivity contribution >= 4 is 21.9 Å². The number of rotatable bonds is 6. The second-order valence-electron chi connectivity index (χ2n) is 12.4. The van der Waals surface area contributed by atoms with Crippen LogP contribution in [0.2, 0.25) is 0 Å². The summed E-state index contributed by atoms with van der Waals surface area (Å²) in [6, 6.07) is 59.3. The van der Waals surface area contributed by atoms with E-state index < -0.39 is 0 Å². The maximum absolute atomic E-state index is 9.37. The summed E-state index contributed by atoms with van der Waals surface area (Å²) in [5.41, 5.74) is 11.3. The molecule has 5 nitrogen and oxygen atoms in total. The molecule has 0 unspecified atom stereocenters. The highest BCUT2D eigenvalue weighted by Gasteiger charge is 2.18. The van der Waals surface area contributed by atoms with Crippen LogP contribution in [0.15, 0.2) is 174 Å². The Morgan fingerprint density at radius 3 is 1.57 bits per heavy atom. The number of nitriles is 1. The standard InChI is InChI=1S/C46H28N4O/c47-29-30-11-10-18-36(25-30)32-19-21-35(22-20-32)45-48-44(34-16-8-3-9-17-34)49-46(50-45)37-23-24-39-41(27-37)51-42-28-38(31-12-4-1-5-13-31)26-40(43(39)42)33-14-6-2-7-15-33/h1-28H. The van der Waals surface area contributed by atoms with Crippen LogP contribution >= 0.6 is 0 Å². The summed E-state index contributed by atoms with van der Waals surface area (Å²) in [7, 11) is 0. The van der Waals surface area contributed by atoms with Gasteiger partial charge in [0, 0.05) is 27.5 Å².